The van der Waals surface area contributed by atoms with Gasteiger partial charge >= 0.3 is 12.1 Å². The van der Waals surface area contributed by atoms with E-state index in [1.807, 2.05) is 13.8 Å². The van der Waals surface area contributed by atoms with E-state index in [2.05, 4.69) is 10.3 Å². The number of hydrogen-bond donors (Lipinski definition) is 1. The standard InChI is InChI=1S/C13H19F3N2O2S/c1-6-7(2)17-11-18-9(13(14,15)16)8(21-11)10(19)20-12(3,4)5/h7H,6H2,1-5H3,(H,17,18). The van der Waals surface area contributed by atoms with Crippen LogP contribution in [0, 0.1) is 0 Å². The van der Waals surface area contributed by atoms with E-state index < -0.39 is 28.3 Å². The SMILES string of the molecule is CCC(C)Nc1nc(C(F)(F)F)c(C(=O)OC(C)(C)C)s1. The second kappa shape index (κ2) is 6.21. The number of anilines is 1. The lowest BCUT2D eigenvalue weighted by atomic mass is 10.2. The van der Waals surface area contributed by atoms with Crippen molar-refractivity contribution in [2.75, 3.05) is 5.32 Å². The van der Waals surface area contributed by atoms with Crippen molar-refractivity contribution < 1.29 is 22.7 Å². The summed E-state index contributed by atoms with van der Waals surface area (Å²) in [7, 11) is 0. The van der Waals surface area contributed by atoms with Crippen molar-refractivity contribution in [3.8, 4) is 0 Å². The summed E-state index contributed by atoms with van der Waals surface area (Å²) < 4.78 is 44.0. The van der Waals surface area contributed by atoms with Crippen LogP contribution in [0.5, 0.6) is 0 Å². The van der Waals surface area contributed by atoms with Gasteiger partial charge in [0.25, 0.3) is 0 Å². The number of rotatable bonds is 4. The number of hydrogen-bond acceptors (Lipinski definition) is 5. The lowest BCUT2D eigenvalue weighted by Gasteiger charge is -2.19. The number of carbonyl (C=O) groups is 1. The van der Waals surface area contributed by atoms with Crippen molar-refractivity contribution in [2.24, 2.45) is 0 Å². The molecule has 0 aliphatic rings. The molecule has 0 saturated heterocycles. The van der Waals surface area contributed by atoms with Crippen LogP contribution in [0.2, 0.25) is 0 Å². The van der Waals surface area contributed by atoms with Crippen molar-refractivity contribution in [3.05, 3.63) is 10.6 Å². The molecule has 1 N–H and O–H groups in total. The minimum Gasteiger partial charge on any atom is -0.456 e. The van der Waals surface area contributed by atoms with Crippen molar-refractivity contribution >= 4 is 22.4 Å². The van der Waals surface area contributed by atoms with Gasteiger partial charge in [-0.2, -0.15) is 13.2 Å². The Morgan fingerprint density at radius 3 is 2.38 bits per heavy atom. The Labute approximate surface area is 125 Å². The average molecular weight is 324 g/mol. The van der Waals surface area contributed by atoms with E-state index in [0.29, 0.717) is 11.3 Å². The first-order valence-corrected chi connectivity index (χ1v) is 7.33. The lowest BCUT2D eigenvalue weighted by Crippen LogP contribution is -2.25. The maximum Gasteiger partial charge on any atom is 0.435 e. The predicted octanol–water partition coefficient (Wildman–Crippen LogP) is 4.33. The number of aromatic nitrogens is 1. The molecule has 0 aliphatic heterocycles. The minimum atomic E-state index is -4.70. The van der Waals surface area contributed by atoms with Gasteiger partial charge in [0.15, 0.2) is 10.8 Å². The van der Waals surface area contributed by atoms with Crippen LogP contribution < -0.4 is 5.32 Å². The minimum absolute atomic E-state index is 0.0382. The highest BCUT2D eigenvalue weighted by molar-refractivity contribution is 7.17. The van der Waals surface area contributed by atoms with E-state index in [-0.39, 0.29) is 11.2 Å². The quantitative estimate of drug-likeness (QED) is 0.838. The molecule has 1 aromatic rings. The second-order valence-corrected chi connectivity index (χ2v) is 6.65. The molecule has 4 nitrogen and oxygen atoms in total. The smallest absolute Gasteiger partial charge is 0.435 e. The fourth-order valence-corrected chi connectivity index (χ4v) is 2.32. The Hall–Kier alpha value is -1.31. The molecule has 0 fully saturated rings. The van der Waals surface area contributed by atoms with Gasteiger partial charge in [0, 0.05) is 6.04 Å². The van der Waals surface area contributed by atoms with Crippen molar-refractivity contribution in [2.45, 2.75) is 58.9 Å². The normalized spacial score (nSPS) is 13.9. The molecular formula is C13H19F3N2O2S. The number of nitrogens with one attached hydrogen (secondary N) is 1. The topological polar surface area (TPSA) is 51.2 Å². The van der Waals surface area contributed by atoms with E-state index in [9.17, 15) is 18.0 Å². The summed E-state index contributed by atoms with van der Waals surface area (Å²) in [5, 5.41) is 2.91. The van der Waals surface area contributed by atoms with Crippen LogP contribution >= 0.6 is 11.3 Å². The monoisotopic (exact) mass is 324 g/mol. The Bertz CT molecular complexity index is 506. The summed E-state index contributed by atoms with van der Waals surface area (Å²) in [6.07, 6.45) is -3.97. The van der Waals surface area contributed by atoms with Crippen LogP contribution in [0.1, 0.15) is 56.4 Å². The molecule has 0 radical (unpaired) electrons. The van der Waals surface area contributed by atoms with Crippen LogP contribution in [0.4, 0.5) is 18.3 Å². The Morgan fingerprint density at radius 2 is 1.95 bits per heavy atom. The van der Waals surface area contributed by atoms with Gasteiger partial charge in [0.05, 0.1) is 0 Å². The molecule has 0 bridgehead atoms. The predicted molar refractivity (Wildman–Crippen MR) is 75.7 cm³/mol. The first kappa shape index (κ1) is 17.7. The number of carbonyl (C=O) groups excluding carboxylic acids is 1. The zero-order valence-electron chi connectivity index (χ0n) is 12.6. The van der Waals surface area contributed by atoms with Crippen molar-refractivity contribution in [1.82, 2.24) is 4.98 Å². The largest absolute Gasteiger partial charge is 0.456 e. The Balaban J connectivity index is 3.14. The highest BCUT2D eigenvalue weighted by atomic mass is 32.1. The van der Waals surface area contributed by atoms with E-state index in [4.69, 9.17) is 4.74 Å². The maximum absolute atomic E-state index is 13.0. The molecule has 1 heterocycles. The molecule has 1 rings (SSSR count). The van der Waals surface area contributed by atoms with Crippen LogP contribution in [-0.2, 0) is 10.9 Å². The molecule has 0 saturated carbocycles. The molecule has 0 amide bonds. The number of nitrogens with zero attached hydrogens (tertiary/aromatic N) is 1. The summed E-state index contributed by atoms with van der Waals surface area (Å²) >= 11 is 0.662. The molecule has 1 atom stereocenters. The number of ether oxygens (including phenoxy) is 1. The third-order valence-electron chi connectivity index (χ3n) is 2.46. The van der Waals surface area contributed by atoms with Gasteiger partial charge in [0.2, 0.25) is 0 Å². The molecule has 8 heteroatoms. The summed E-state index contributed by atoms with van der Waals surface area (Å²) in [5.41, 5.74) is -2.07. The number of halogens is 3. The molecule has 120 valence electrons. The van der Waals surface area contributed by atoms with Crippen molar-refractivity contribution in [3.63, 3.8) is 0 Å². The molecule has 0 spiro atoms. The highest BCUT2D eigenvalue weighted by Crippen LogP contribution is 2.37. The van der Waals surface area contributed by atoms with Gasteiger partial charge in [-0.05, 0) is 34.1 Å². The van der Waals surface area contributed by atoms with Gasteiger partial charge in [-0.3, -0.25) is 0 Å². The lowest BCUT2D eigenvalue weighted by molar-refractivity contribution is -0.141. The van der Waals surface area contributed by atoms with Crippen LogP contribution in [0.25, 0.3) is 0 Å². The fraction of sp³-hybridized carbons (Fsp3) is 0.692. The van der Waals surface area contributed by atoms with Gasteiger partial charge in [-0.25, -0.2) is 9.78 Å². The zero-order valence-corrected chi connectivity index (χ0v) is 13.4. The molecule has 21 heavy (non-hydrogen) atoms. The Morgan fingerprint density at radius 1 is 1.38 bits per heavy atom. The Kier molecular flexibility index (Phi) is 5.25. The van der Waals surface area contributed by atoms with Gasteiger partial charge in [-0.1, -0.05) is 18.3 Å². The van der Waals surface area contributed by atoms with E-state index in [1.165, 1.54) is 0 Å². The molecule has 0 aliphatic carbocycles. The third kappa shape index (κ3) is 5.18. The molecule has 0 aromatic carbocycles. The molecular weight excluding hydrogens is 305 g/mol. The van der Waals surface area contributed by atoms with Gasteiger partial charge in [-0.15, -0.1) is 0 Å². The third-order valence-corrected chi connectivity index (χ3v) is 3.43. The maximum atomic E-state index is 13.0. The highest BCUT2D eigenvalue weighted by Gasteiger charge is 2.41. The van der Waals surface area contributed by atoms with Crippen molar-refractivity contribution in [1.29, 1.82) is 0 Å². The van der Waals surface area contributed by atoms with Crippen LogP contribution in [0.15, 0.2) is 0 Å². The summed E-state index contributed by atoms with van der Waals surface area (Å²) in [6.45, 7) is 8.50. The zero-order chi connectivity index (χ0) is 16.4. The van der Waals surface area contributed by atoms with Crippen LogP contribution in [0.3, 0.4) is 0 Å². The fourth-order valence-electron chi connectivity index (χ4n) is 1.35. The first-order valence-electron chi connectivity index (χ1n) is 6.52. The second-order valence-electron chi connectivity index (χ2n) is 5.65. The van der Waals surface area contributed by atoms with E-state index in [1.54, 1.807) is 20.8 Å². The average Bonchev–Trinajstić information content (AvgIpc) is 2.70. The van der Waals surface area contributed by atoms with E-state index >= 15 is 0 Å². The summed E-state index contributed by atoms with van der Waals surface area (Å²) in [5.74, 6) is -1.01. The summed E-state index contributed by atoms with van der Waals surface area (Å²) in [6, 6.07) is -0.0382. The molecule has 1 unspecified atom stereocenters. The summed E-state index contributed by atoms with van der Waals surface area (Å²) in [4.78, 5) is 14.9. The van der Waals surface area contributed by atoms with E-state index in [0.717, 1.165) is 6.42 Å². The number of thiazole rings is 1. The number of alkyl halides is 3. The molecule has 1 aromatic heterocycles. The van der Waals surface area contributed by atoms with Gasteiger partial charge in [0.1, 0.15) is 10.5 Å². The number of esters is 1. The first-order chi connectivity index (χ1) is 9.44. The van der Waals surface area contributed by atoms with Gasteiger partial charge < -0.3 is 10.1 Å². The van der Waals surface area contributed by atoms with Crippen LogP contribution in [-0.4, -0.2) is 22.6 Å².